The molecule has 2 aromatic rings. The summed E-state index contributed by atoms with van der Waals surface area (Å²) in [5.41, 5.74) is 1.38. The maximum absolute atomic E-state index is 13.9. The van der Waals surface area contributed by atoms with Crippen molar-refractivity contribution in [3.8, 4) is 11.5 Å². The molecule has 3 N–H and O–H groups in total. The molecule has 3 rings (SSSR count). The first-order chi connectivity index (χ1) is 21.2. The van der Waals surface area contributed by atoms with Crippen LogP contribution in [0, 0.1) is 9.39 Å². The molecule has 0 heterocycles. The normalized spacial score (nSPS) is 17.9. The second-order valence-electron chi connectivity index (χ2n) is 10.8. The fourth-order valence-corrected chi connectivity index (χ4v) is 6.03. The summed E-state index contributed by atoms with van der Waals surface area (Å²) >= 11 is 2.01. The van der Waals surface area contributed by atoms with Gasteiger partial charge in [0.2, 0.25) is 11.8 Å². The molecule has 1 aliphatic rings. The molecule has 0 saturated carbocycles. The van der Waals surface area contributed by atoms with Crippen molar-refractivity contribution in [2.45, 2.75) is 76.5 Å². The predicted molar refractivity (Wildman–Crippen MR) is 173 cm³/mol. The number of aldehydes is 1. The Morgan fingerprint density at radius 2 is 1.95 bits per heavy atom. The molecule has 2 aromatic carbocycles. The summed E-state index contributed by atoms with van der Waals surface area (Å²) in [6, 6.07) is 8.48. The van der Waals surface area contributed by atoms with Crippen molar-refractivity contribution in [2.75, 3.05) is 26.8 Å². The Balaban J connectivity index is 1.96. The van der Waals surface area contributed by atoms with Crippen LogP contribution in [0.4, 0.5) is 4.39 Å². The smallest absolute Gasteiger partial charge is 0.247 e. The number of carbonyl (C=O) groups excluding carboxylic acids is 3. The molecule has 0 aromatic heterocycles. The molecule has 0 fully saturated rings. The fourth-order valence-electron chi connectivity index (χ4n) is 5.28. The topological polar surface area (TPSA) is 125 Å². The summed E-state index contributed by atoms with van der Waals surface area (Å²) in [7, 11) is 1.43. The molecule has 0 unspecified atom stereocenters. The number of hydrogen-bond acceptors (Lipinski definition) is 7. The molecule has 44 heavy (non-hydrogen) atoms. The summed E-state index contributed by atoms with van der Waals surface area (Å²) in [6.07, 6.45) is 5.40. The van der Waals surface area contributed by atoms with E-state index in [9.17, 15) is 29.0 Å². The van der Waals surface area contributed by atoms with E-state index in [1.54, 1.807) is 23.1 Å². The maximum atomic E-state index is 13.9. The van der Waals surface area contributed by atoms with Gasteiger partial charge in [-0.3, -0.25) is 14.4 Å². The number of benzene rings is 2. The standard InChI is InChI=1S/C33H42FIN2O7/c1-3-4-5-6-7-11-30(40)37(14-12-22-9-8-10-25(34)16-22)27-19-24(33(42)36-13-15-38)20-28(31(27)41)44-32-26(35)17-23(21-39)18-29(32)43-2/h8-10,16-18,20-21,27-28,31,38,41H,3-7,11-15,19H2,1-2H3,(H,36,42)/t27-,28+,31+/m1/s1. The predicted octanol–water partition coefficient (Wildman–Crippen LogP) is 4.60. The average molecular weight is 725 g/mol. The van der Waals surface area contributed by atoms with Crippen LogP contribution in [-0.4, -0.2) is 78.3 Å². The molecule has 0 saturated heterocycles. The highest BCUT2D eigenvalue weighted by Gasteiger charge is 2.40. The molecule has 2 amide bonds. The average Bonchev–Trinajstić information content (AvgIpc) is 3.01. The molecule has 0 spiro atoms. The van der Waals surface area contributed by atoms with E-state index in [0.29, 0.717) is 39.4 Å². The molecule has 1 aliphatic carbocycles. The number of carbonyl (C=O) groups is 3. The highest BCUT2D eigenvalue weighted by Crippen LogP contribution is 2.37. The van der Waals surface area contributed by atoms with Gasteiger partial charge in [0, 0.05) is 37.1 Å². The lowest BCUT2D eigenvalue weighted by Gasteiger charge is -2.41. The van der Waals surface area contributed by atoms with Gasteiger partial charge in [0.15, 0.2) is 11.5 Å². The number of methoxy groups -OCH3 is 1. The number of ether oxygens (including phenoxy) is 2. The number of hydrogen-bond donors (Lipinski definition) is 3. The Bertz CT molecular complexity index is 1300. The number of rotatable bonds is 17. The second-order valence-corrected chi connectivity index (χ2v) is 12.0. The summed E-state index contributed by atoms with van der Waals surface area (Å²) in [4.78, 5) is 39.9. The van der Waals surface area contributed by atoms with Gasteiger partial charge in [-0.1, -0.05) is 44.7 Å². The van der Waals surface area contributed by atoms with Crippen molar-refractivity contribution in [2.24, 2.45) is 0 Å². The summed E-state index contributed by atoms with van der Waals surface area (Å²) in [6.45, 7) is 2.11. The van der Waals surface area contributed by atoms with Crippen molar-refractivity contribution in [1.82, 2.24) is 10.2 Å². The van der Waals surface area contributed by atoms with Gasteiger partial charge >= 0.3 is 0 Å². The van der Waals surface area contributed by atoms with Crippen LogP contribution in [0.25, 0.3) is 0 Å². The van der Waals surface area contributed by atoms with Crippen LogP contribution in [0.5, 0.6) is 11.5 Å². The molecule has 11 heteroatoms. The van der Waals surface area contributed by atoms with Gasteiger partial charge in [0.25, 0.3) is 0 Å². The first-order valence-electron chi connectivity index (χ1n) is 15.0. The number of nitrogens with zero attached hydrogens (tertiary/aromatic N) is 1. The number of amides is 2. The first-order valence-corrected chi connectivity index (χ1v) is 16.1. The van der Waals surface area contributed by atoms with E-state index in [-0.39, 0.29) is 55.8 Å². The molecule has 0 radical (unpaired) electrons. The van der Waals surface area contributed by atoms with Gasteiger partial charge in [-0.25, -0.2) is 4.39 Å². The molecular weight excluding hydrogens is 682 g/mol. The van der Waals surface area contributed by atoms with Crippen LogP contribution < -0.4 is 14.8 Å². The van der Waals surface area contributed by atoms with Gasteiger partial charge in [0.1, 0.15) is 24.3 Å². The lowest BCUT2D eigenvalue weighted by Crippen LogP contribution is -2.55. The fraction of sp³-hybridized carbons (Fsp3) is 0.485. The lowest BCUT2D eigenvalue weighted by molar-refractivity contribution is -0.138. The van der Waals surface area contributed by atoms with Gasteiger partial charge < -0.3 is 29.9 Å². The maximum Gasteiger partial charge on any atom is 0.247 e. The van der Waals surface area contributed by atoms with Crippen molar-refractivity contribution >= 4 is 40.7 Å². The third kappa shape index (κ3) is 10.00. The molecule has 9 nitrogen and oxygen atoms in total. The SMILES string of the molecule is CCCCCCCC(=O)N(CCc1cccc(F)c1)[C@@H]1CC(C(=O)NCCO)=C[C@H](Oc2c(I)cc(C=O)cc2OC)[C@H]1O. The van der Waals surface area contributed by atoms with Gasteiger partial charge in [-0.05, 0) is 71.3 Å². The zero-order chi connectivity index (χ0) is 32.1. The van der Waals surface area contributed by atoms with E-state index in [1.165, 1.54) is 31.4 Å². The van der Waals surface area contributed by atoms with E-state index in [4.69, 9.17) is 9.47 Å². The Hall–Kier alpha value is -3.03. The third-order valence-corrected chi connectivity index (χ3v) is 8.40. The number of aliphatic hydroxyl groups is 2. The second kappa shape index (κ2) is 18.1. The Morgan fingerprint density at radius 3 is 2.64 bits per heavy atom. The molecule has 0 aliphatic heterocycles. The third-order valence-electron chi connectivity index (χ3n) is 7.60. The number of aliphatic hydroxyl groups excluding tert-OH is 2. The van der Waals surface area contributed by atoms with E-state index in [0.717, 1.165) is 25.7 Å². The monoisotopic (exact) mass is 724 g/mol. The van der Waals surface area contributed by atoms with E-state index in [1.807, 2.05) is 22.6 Å². The van der Waals surface area contributed by atoms with Crippen molar-refractivity contribution in [3.05, 3.63) is 68.6 Å². The van der Waals surface area contributed by atoms with Crippen LogP contribution in [-0.2, 0) is 16.0 Å². The minimum absolute atomic E-state index is 0.0355. The number of nitrogens with one attached hydrogen (secondary N) is 1. The quantitative estimate of drug-likeness (QED) is 0.124. The summed E-state index contributed by atoms with van der Waals surface area (Å²) < 4.78 is 26.2. The van der Waals surface area contributed by atoms with Crippen molar-refractivity contribution < 1.29 is 38.5 Å². The van der Waals surface area contributed by atoms with E-state index >= 15 is 0 Å². The highest BCUT2D eigenvalue weighted by atomic mass is 127. The molecular formula is C33H42FIN2O7. The minimum atomic E-state index is -1.23. The van der Waals surface area contributed by atoms with Crippen LogP contribution in [0.1, 0.15) is 67.8 Å². The van der Waals surface area contributed by atoms with Gasteiger partial charge in [-0.15, -0.1) is 0 Å². The van der Waals surface area contributed by atoms with E-state index < -0.39 is 24.2 Å². The van der Waals surface area contributed by atoms with Gasteiger partial charge in [0.05, 0.1) is 23.3 Å². The minimum Gasteiger partial charge on any atom is -0.493 e. The summed E-state index contributed by atoms with van der Waals surface area (Å²) in [5, 5.41) is 23.6. The largest absolute Gasteiger partial charge is 0.493 e. The molecule has 240 valence electrons. The highest BCUT2D eigenvalue weighted by molar-refractivity contribution is 14.1. The van der Waals surface area contributed by atoms with Crippen LogP contribution >= 0.6 is 22.6 Å². The lowest BCUT2D eigenvalue weighted by atomic mass is 9.87. The van der Waals surface area contributed by atoms with Crippen molar-refractivity contribution in [1.29, 1.82) is 0 Å². The van der Waals surface area contributed by atoms with Gasteiger partial charge in [-0.2, -0.15) is 0 Å². The van der Waals surface area contributed by atoms with E-state index in [2.05, 4.69) is 12.2 Å². The molecule has 3 atom stereocenters. The first kappa shape index (κ1) is 35.4. The van der Waals surface area contributed by atoms with Crippen molar-refractivity contribution in [3.63, 3.8) is 0 Å². The number of unbranched alkanes of at least 4 members (excludes halogenated alkanes) is 4. The van der Waals surface area contributed by atoms with Crippen LogP contribution in [0.3, 0.4) is 0 Å². The van der Waals surface area contributed by atoms with Crippen LogP contribution in [0.2, 0.25) is 0 Å². The Kier molecular flexibility index (Phi) is 14.6. The summed E-state index contributed by atoms with van der Waals surface area (Å²) in [5.74, 6) is -0.431. The van der Waals surface area contributed by atoms with Crippen LogP contribution in [0.15, 0.2) is 48.0 Å². The Morgan fingerprint density at radius 1 is 1.18 bits per heavy atom. The molecule has 0 bridgehead atoms. The number of halogens is 2. The zero-order valence-corrected chi connectivity index (χ0v) is 27.4. The Labute approximate surface area is 271 Å². The zero-order valence-electron chi connectivity index (χ0n) is 25.3.